The summed E-state index contributed by atoms with van der Waals surface area (Å²) in [5.41, 5.74) is 0. The van der Waals surface area contributed by atoms with Gasteiger partial charge < -0.3 is 60.6 Å². The number of carboxylic acid groups (broad SMARTS) is 1. The number of aliphatic hydroxyl groups is 9. The van der Waals surface area contributed by atoms with Crippen molar-refractivity contribution in [3.05, 3.63) is 0 Å². The Labute approximate surface area is 162 Å². The Bertz CT molecular complexity index is 435. The first-order valence-electron chi connectivity index (χ1n) is 6.89. The van der Waals surface area contributed by atoms with Crippen LogP contribution in [0.1, 0.15) is 0 Å². The van der Waals surface area contributed by atoms with Gasteiger partial charge in [0.25, 0.3) is 0 Å². The molecule has 8 atom stereocenters. The molecule has 0 aromatic rings. The minimum atomic E-state index is -2.62. The summed E-state index contributed by atoms with van der Waals surface area (Å²) in [5.74, 6) is -4.14. The van der Waals surface area contributed by atoms with Crippen molar-refractivity contribution in [2.45, 2.75) is 48.8 Å². The number of carboxylic acids is 1. The molecule has 13 nitrogen and oxygen atoms in total. The smallest absolute Gasteiger partial charge is 0.546 e. The van der Waals surface area contributed by atoms with Crippen molar-refractivity contribution in [1.29, 1.82) is 0 Å². The first-order chi connectivity index (χ1) is 11.5. The van der Waals surface area contributed by atoms with Gasteiger partial charge in [0.15, 0.2) is 12.2 Å². The Morgan fingerprint density at radius 3 is 1.50 bits per heavy atom. The van der Waals surface area contributed by atoms with Gasteiger partial charge in [0.2, 0.25) is 0 Å². The van der Waals surface area contributed by atoms with Gasteiger partial charge in [0, 0.05) is 0 Å². The van der Waals surface area contributed by atoms with E-state index in [9.17, 15) is 40.2 Å². The summed E-state index contributed by atoms with van der Waals surface area (Å²) in [6.07, 6.45) is -18.5. The maximum atomic E-state index is 11.6. The van der Waals surface area contributed by atoms with E-state index in [1.54, 1.807) is 0 Å². The third-order valence-corrected chi connectivity index (χ3v) is 3.21. The number of aliphatic hydroxyl groups excluding tert-OH is 9. The van der Waals surface area contributed by atoms with Crippen molar-refractivity contribution in [1.82, 2.24) is 0 Å². The minimum absolute atomic E-state index is 0. The van der Waals surface area contributed by atoms with E-state index < -0.39 is 74.0 Å². The second kappa shape index (κ2) is 12.7. The molecule has 0 radical (unpaired) electrons. The molecule has 26 heavy (non-hydrogen) atoms. The Morgan fingerprint density at radius 2 is 1.15 bits per heavy atom. The molecule has 0 amide bonds. The number of hydrogen-bond donors (Lipinski definition) is 9. The van der Waals surface area contributed by atoms with Crippen molar-refractivity contribution in [3.8, 4) is 0 Å². The molecule has 0 saturated heterocycles. The van der Waals surface area contributed by atoms with E-state index in [2.05, 4.69) is 4.74 Å². The molecule has 158 valence electrons. The molecule has 0 unspecified atom stereocenters. The summed E-state index contributed by atoms with van der Waals surface area (Å²) in [5, 5.41) is 93.6. The molecule has 0 saturated carbocycles. The zero-order valence-corrected chi connectivity index (χ0v) is 14.5. The van der Waals surface area contributed by atoms with Gasteiger partial charge in [-0.3, -0.25) is 0 Å². The third kappa shape index (κ3) is 7.51. The number of hydrogen-bond acceptors (Lipinski definition) is 13. The summed E-state index contributed by atoms with van der Waals surface area (Å²) in [6.45, 7) is -2.11. The standard InChI is InChI=1S/C12H22O13.Ag/c13-1-3(15)5(17)7(19)9(21)12(24)25-10(11(22)23)8(20)6(18)4(16)2-14;/h3-10,13-21H,1-2H2,(H,22,23);/q;+1/p-1/t3-,4-,5-,6-,7+,8+,9-,10-;/m1./s1. The number of ether oxygens (including phenoxy) is 1. The number of carbonyl (C=O) groups excluding carboxylic acids is 2. The average molecular weight is 481 g/mol. The van der Waals surface area contributed by atoms with Gasteiger partial charge in [-0.2, -0.15) is 0 Å². The van der Waals surface area contributed by atoms with Crippen LogP contribution < -0.4 is 5.11 Å². The molecule has 0 aliphatic rings. The van der Waals surface area contributed by atoms with Gasteiger partial charge in [-0.15, -0.1) is 0 Å². The molecule has 0 fully saturated rings. The van der Waals surface area contributed by atoms with Crippen molar-refractivity contribution >= 4 is 11.9 Å². The van der Waals surface area contributed by atoms with Crippen molar-refractivity contribution in [2.75, 3.05) is 13.2 Å². The van der Waals surface area contributed by atoms with E-state index in [1.165, 1.54) is 0 Å². The maximum Gasteiger partial charge on any atom is 1.00 e. The first kappa shape index (κ1) is 27.5. The molecule has 0 rings (SSSR count). The van der Waals surface area contributed by atoms with E-state index in [0.717, 1.165) is 0 Å². The molecule has 0 bridgehead atoms. The summed E-state index contributed by atoms with van der Waals surface area (Å²) in [6, 6.07) is 0. The van der Waals surface area contributed by atoms with Crippen molar-refractivity contribution in [3.63, 3.8) is 0 Å². The number of rotatable bonds is 11. The Kier molecular flexibility index (Phi) is 13.4. The molecule has 0 aromatic carbocycles. The molecule has 9 N–H and O–H groups in total. The second-order valence-corrected chi connectivity index (χ2v) is 5.08. The van der Waals surface area contributed by atoms with Crippen LogP contribution in [0.3, 0.4) is 0 Å². The maximum absolute atomic E-state index is 11.6. The van der Waals surface area contributed by atoms with Crippen LogP contribution in [0.15, 0.2) is 0 Å². The monoisotopic (exact) mass is 480 g/mol. The van der Waals surface area contributed by atoms with Crippen molar-refractivity contribution in [2.24, 2.45) is 0 Å². The van der Waals surface area contributed by atoms with Gasteiger partial charge in [0.05, 0.1) is 19.2 Å². The van der Waals surface area contributed by atoms with Gasteiger partial charge >= 0.3 is 28.3 Å². The van der Waals surface area contributed by atoms with Crippen LogP contribution in [-0.2, 0) is 36.7 Å². The van der Waals surface area contributed by atoms with E-state index in [4.69, 9.17) is 20.4 Å². The Morgan fingerprint density at radius 1 is 0.769 bits per heavy atom. The number of aliphatic carboxylic acids is 1. The quantitative estimate of drug-likeness (QED) is 0.0984. The van der Waals surface area contributed by atoms with Gasteiger partial charge in [-0.25, -0.2) is 4.79 Å². The molecule has 0 aromatic heterocycles. The predicted molar refractivity (Wildman–Crippen MR) is 71.1 cm³/mol. The van der Waals surface area contributed by atoms with Gasteiger partial charge in [-0.05, 0) is 0 Å². The molecular formula is C12H21AgO13. The van der Waals surface area contributed by atoms with Crippen LogP contribution in [0, 0.1) is 0 Å². The van der Waals surface area contributed by atoms with E-state index >= 15 is 0 Å². The van der Waals surface area contributed by atoms with Crippen LogP contribution in [0.2, 0.25) is 0 Å². The Balaban J connectivity index is 0. The normalized spacial score (nSPS) is 20.5. The van der Waals surface area contributed by atoms with E-state index in [-0.39, 0.29) is 22.4 Å². The fourth-order valence-corrected chi connectivity index (χ4v) is 1.63. The van der Waals surface area contributed by atoms with Crippen LogP contribution in [0.5, 0.6) is 0 Å². The zero-order valence-electron chi connectivity index (χ0n) is 13.0. The molecule has 0 spiro atoms. The van der Waals surface area contributed by atoms with Crippen molar-refractivity contribution < 1.29 is 87.8 Å². The minimum Gasteiger partial charge on any atom is -0.546 e. The van der Waals surface area contributed by atoms with Crippen LogP contribution in [-0.4, -0.2) is 120 Å². The summed E-state index contributed by atoms with van der Waals surface area (Å²) in [4.78, 5) is 22.5. The topological polar surface area (TPSA) is 248 Å². The van der Waals surface area contributed by atoms with E-state index in [0.29, 0.717) is 0 Å². The number of esters is 1. The average Bonchev–Trinajstić information content (AvgIpc) is 2.60. The molecular weight excluding hydrogens is 460 g/mol. The molecule has 0 aliphatic carbocycles. The predicted octanol–water partition coefficient (Wildman–Crippen LogP) is -7.84. The fourth-order valence-electron chi connectivity index (χ4n) is 1.63. The summed E-state index contributed by atoms with van der Waals surface area (Å²) >= 11 is 0. The second-order valence-electron chi connectivity index (χ2n) is 5.08. The summed E-state index contributed by atoms with van der Waals surface area (Å²) < 4.78 is 4.17. The Hall–Kier alpha value is -0.680. The van der Waals surface area contributed by atoms with Gasteiger partial charge in [-0.1, -0.05) is 0 Å². The molecule has 0 heterocycles. The SMILES string of the molecule is O=C(O[C@@H](C(=O)[O-])[C@@H](O)[C@H](O)[C@H](O)CO)[C@H](O)[C@@H](O)[C@H](O)[C@H](O)CO.[Ag+]. The molecule has 0 aliphatic heterocycles. The van der Waals surface area contributed by atoms with Crippen LogP contribution in [0.4, 0.5) is 0 Å². The number of carbonyl (C=O) groups is 2. The first-order valence-corrected chi connectivity index (χ1v) is 6.89. The van der Waals surface area contributed by atoms with Gasteiger partial charge in [0.1, 0.15) is 36.6 Å². The fraction of sp³-hybridized carbons (Fsp3) is 0.833. The van der Waals surface area contributed by atoms with E-state index in [1.807, 2.05) is 0 Å². The van der Waals surface area contributed by atoms with Crippen LogP contribution >= 0.6 is 0 Å². The third-order valence-electron chi connectivity index (χ3n) is 3.21. The molecule has 14 heteroatoms. The van der Waals surface area contributed by atoms with Crippen LogP contribution in [0.25, 0.3) is 0 Å². The zero-order chi connectivity index (χ0) is 19.9. The summed E-state index contributed by atoms with van der Waals surface area (Å²) in [7, 11) is 0. The largest absolute Gasteiger partial charge is 1.00 e.